The fourth-order valence-corrected chi connectivity index (χ4v) is 2.48. The largest absolute Gasteiger partial charge is 0.469 e. The van der Waals surface area contributed by atoms with Crippen molar-refractivity contribution in [3.63, 3.8) is 0 Å². The fraction of sp³-hybridized carbons (Fsp3) is 0.438. The number of nitrogens with one attached hydrogen (secondary N) is 1. The molecule has 118 valence electrons. The van der Waals surface area contributed by atoms with Crippen molar-refractivity contribution in [2.45, 2.75) is 26.2 Å². The molecule has 22 heavy (non-hydrogen) atoms. The predicted molar refractivity (Wildman–Crippen MR) is 82.5 cm³/mol. The molecule has 0 aromatic heterocycles. The summed E-state index contributed by atoms with van der Waals surface area (Å²) in [4.78, 5) is 36.8. The summed E-state index contributed by atoms with van der Waals surface area (Å²) in [6, 6.07) is 7.07. The Kier molecular flexibility index (Phi) is 5.14. The van der Waals surface area contributed by atoms with Gasteiger partial charge in [-0.05, 0) is 24.6 Å². The van der Waals surface area contributed by atoms with Gasteiger partial charge in [0.05, 0.1) is 13.0 Å². The third-order valence-electron chi connectivity index (χ3n) is 3.58. The fourth-order valence-electron chi connectivity index (χ4n) is 2.48. The molecule has 1 unspecified atom stereocenters. The first kappa shape index (κ1) is 16.0. The Bertz CT molecular complexity index is 585. The molecule has 1 fully saturated rings. The lowest BCUT2D eigenvalue weighted by molar-refractivity contribution is -0.145. The van der Waals surface area contributed by atoms with Crippen LogP contribution < -0.4 is 10.2 Å². The summed E-state index contributed by atoms with van der Waals surface area (Å²) in [6.45, 7) is 2.24. The van der Waals surface area contributed by atoms with E-state index in [2.05, 4.69) is 5.32 Å². The molecular formula is C16H20N2O4. The van der Waals surface area contributed by atoms with Gasteiger partial charge in [-0.2, -0.15) is 0 Å². The number of hydrogen-bond acceptors (Lipinski definition) is 4. The van der Waals surface area contributed by atoms with Crippen LogP contribution in [0.25, 0.3) is 0 Å². The van der Waals surface area contributed by atoms with E-state index in [9.17, 15) is 14.4 Å². The Morgan fingerprint density at radius 3 is 2.86 bits per heavy atom. The number of methoxy groups -OCH3 is 1. The Hall–Kier alpha value is -2.37. The van der Waals surface area contributed by atoms with Crippen molar-refractivity contribution in [3.05, 3.63) is 24.3 Å². The Balaban J connectivity index is 2.11. The van der Waals surface area contributed by atoms with Crippen LogP contribution in [0.1, 0.15) is 26.2 Å². The lowest BCUT2D eigenvalue weighted by Gasteiger charge is -2.17. The minimum absolute atomic E-state index is 0.0557. The van der Waals surface area contributed by atoms with E-state index in [4.69, 9.17) is 4.74 Å². The molecular weight excluding hydrogens is 284 g/mol. The number of hydrogen-bond donors (Lipinski definition) is 1. The standard InChI is InChI=1S/C16H20N2O4/c1-3-5-14(19)17-12-6-4-7-13(9-12)18-10-11(8-15(18)20)16(21)22-2/h4,6-7,9,11H,3,5,8,10H2,1-2H3,(H,17,19). The molecule has 1 aromatic carbocycles. The van der Waals surface area contributed by atoms with E-state index in [-0.39, 0.29) is 24.2 Å². The molecule has 0 spiro atoms. The molecule has 1 saturated heterocycles. The van der Waals surface area contributed by atoms with Gasteiger partial charge in [0, 0.05) is 30.8 Å². The zero-order chi connectivity index (χ0) is 16.1. The summed E-state index contributed by atoms with van der Waals surface area (Å²) in [5, 5.41) is 2.80. The second-order valence-electron chi connectivity index (χ2n) is 5.28. The Morgan fingerprint density at radius 2 is 2.18 bits per heavy atom. The number of amides is 2. The molecule has 1 N–H and O–H groups in total. The van der Waals surface area contributed by atoms with Crippen molar-refractivity contribution in [2.75, 3.05) is 23.9 Å². The average Bonchev–Trinajstić information content (AvgIpc) is 2.89. The van der Waals surface area contributed by atoms with Crippen molar-refractivity contribution in [3.8, 4) is 0 Å². The second-order valence-corrected chi connectivity index (χ2v) is 5.28. The summed E-state index contributed by atoms with van der Waals surface area (Å²) in [5.41, 5.74) is 1.32. The van der Waals surface area contributed by atoms with Crippen LogP contribution >= 0.6 is 0 Å². The SMILES string of the molecule is CCCC(=O)Nc1cccc(N2CC(C(=O)OC)CC2=O)c1. The van der Waals surface area contributed by atoms with E-state index >= 15 is 0 Å². The summed E-state index contributed by atoms with van der Waals surface area (Å²) in [5.74, 6) is -0.980. The van der Waals surface area contributed by atoms with Gasteiger partial charge in [-0.15, -0.1) is 0 Å². The topological polar surface area (TPSA) is 75.7 Å². The van der Waals surface area contributed by atoms with Crippen LogP contribution in [0.2, 0.25) is 0 Å². The van der Waals surface area contributed by atoms with Crippen LogP contribution in [0.15, 0.2) is 24.3 Å². The molecule has 2 rings (SSSR count). The monoisotopic (exact) mass is 304 g/mol. The molecule has 6 heteroatoms. The van der Waals surface area contributed by atoms with Crippen LogP contribution in [0, 0.1) is 5.92 Å². The molecule has 0 radical (unpaired) electrons. The van der Waals surface area contributed by atoms with Gasteiger partial charge >= 0.3 is 5.97 Å². The summed E-state index contributed by atoms with van der Waals surface area (Å²) in [7, 11) is 1.32. The van der Waals surface area contributed by atoms with Crippen molar-refractivity contribution in [1.82, 2.24) is 0 Å². The summed E-state index contributed by atoms with van der Waals surface area (Å²) < 4.78 is 4.70. The van der Waals surface area contributed by atoms with Gasteiger partial charge in [0.1, 0.15) is 0 Å². The van der Waals surface area contributed by atoms with Gasteiger partial charge in [-0.25, -0.2) is 0 Å². The van der Waals surface area contributed by atoms with Gasteiger partial charge in [0.2, 0.25) is 11.8 Å². The molecule has 0 aliphatic carbocycles. The third-order valence-corrected chi connectivity index (χ3v) is 3.58. The quantitative estimate of drug-likeness (QED) is 0.844. The summed E-state index contributed by atoms with van der Waals surface area (Å²) >= 11 is 0. The molecule has 1 aromatic rings. The van der Waals surface area contributed by atoms with E-state index in [1.54, 1.807) is 29.2 Å². The molecule has 0 saturated carbocycles. The van der Waals surface area contributed by atoms with E-state index < -0.39 is 5.92 Å². The highest BCUT2D eigenvalue weighted by molar-refractivity contribution is 6.00. The van der Waals surface area contributed by atoms with Crippen molar-refractivity contribution in [2.24, 2.45) is 5.92 Å². The van der Waals surface area contributed by atoms with Crippen LogP contribution in [-0.4, -0.2) is 31.4 Å². The lowest BCUT2D eigenvalue weighted by atomic mass is 10.1. The first-order valence-corrected chi connectivity index (χ1v) is 7.33. The normalized spacial score (nSPS) is 17.5. The molecule has 2 amide bonds. The second kappa shape index (κ2) is 7.06. The van der Waals surface area contributed by atoms with Crippen LogP contribution in [0.5, 0.6) is 0 Å². The van der Waals surface area contributed by atoms with Crippen LogP contribution in [-0.2, 0) is 19.1 Å². The first-order chi connectivity index (χ1) is 10.5. The van der Waals surface area contributed by atoms with Crippen molar-refractivity contribution in [1.29, 1.82) is 0 Å². The highest BCUT2D eigenvalue weighted by Gasteiger charge is 2.35. The summed E-state index contributed by atoms with van der Waals surface area (Å²) in [6.07, 6.45) is 1.38. The van der Waals surface area contributed by atoms with E-state index in [0.29, 0.717) is 24.3 Å². The predicted octanol–water partition coefficient (Wildman–Crippen LogP) is 1.95. The van der Waals surface area contributed by atoms with Crippen LogP contribution in [0.4, 0.5) is 11.4 Å². The maximum absolute atomic E-state index is 12.1. The number of carbonyl (C=O) groups is 3. The zero-order valence-corrected chi connectivity index (χ0v) is 12.8. The number of anilines is 2. The van der Waals surface area contributed by atoms with Crippen molar-refractivity contribution >= 4 is 29.2 Å². The van der Waals surface area contributed by atoms with E-state index in [1.807, 2.05) is 6.92 Å². The molecule has 6 nitrogen and oxygen atoms in total. The number of carbonyl (C=O) groups excluding carboxylic acids is 3. The highest BCUT2D eigenvalue weighted by Crippen LogP contribution is 2.27. The Morgan fingerprint density at radius 1 is 1.41 bits per heavy atom. The van der Waals surface area contributed by atoms with Gasteiger partial charge < -0.3 is 15.0 Å². The van der Waals surface area contributed by atoms with Crippen LogP contribution in [0.3, 0.4) is 0 Å². The van der Waals surface area contributed by atoms with Gasteiger partial charge in [-0.1, -0.05) is 13.0 Å². The van der Waals surface area contributed by atoms with E-state index in [1.165, 1.54) is 7.11 Å². The third kappa shape index (κ3) is 3.63. The number of rotatable bonds is 5. The molecule has 1 heterocycles. The molecule has 0 bridgehead atoms. The number of esters is 1. The minimum Gasteiger partial charge on any atom is -0.469 e. The van der Waals surface area contributed by atoms with Gasteiger partial charge in [0.25, 0.3) is 0 Å². The van der Waals surface area contributed by atoms with Crippen molar-refractivity contribution < 1.29 is 19.1 Å². The molecule has 1 aliphatic rings. The number of ether oxygens (including phenoxy) is 1. The minimum atomic E-state index is -0.434. The Labute approximate surface area is 129 Å². The zero-order valence-electron chi connectivity index (χ0n) is 12.8. The number of benzene rings is 1. The van der Waals surface area contributed by atoms with Gasteiger partial charge in [-0.3, -0.25) is 14.4 Å². The average molecular weight is 304 g/mol. The first-order valence-electron chi connectivity index (χ1n) is 7.33. The van der Waals surface area contributed by atoms with E-state index in [0.717, 1.165) is 6.42 Å². The molecule has 1 atom stereocenters. The lowest BCUT2D eigenvalue weighted by Crippen LogP contribution is -2.26. The molecule has 1 aliphatic heterocycles. The maximum atomic E-state index is 12.1. The maximum Gasteiger partial charge on any atom is 0.311 e. The number of nitrogens with zero attached hydrogens (tertiary/aromatic N) is 1. The smallest absolute Gasteiger partial charge is 0.311 e. The highest BCUT2D eigenvalue weighted by atomic mass is 16.5. The van der Waals surface area contributed by atoms with Gasteiger partial charge in [0.15, 0.2) is 0 Å².